The van der Waals surface area contributed by atoms with Crippen molar-refractivity contribution in [1.82, 2.24) is 9.47 Å². The molecule has 0 radical (unpaired) electrons. The van der Waals surface area contributed by atoms with Crippen molar-refractivity contribution in [1.29, 1.82) is 5.26 Å². The number of ether oxygens (including phenoxy) is 1. The SMILES string of the molecule is CCn1cc(CN2CC[C@H](Oc3ccccc3)C2)cc1C#N. The van der Waals surface area contributed by atoms with Crippen molar-refractivity contribution in [2.45, 2.75) is 32.5 Å². The van der Waals surface area contributed by atoms with Crippen LogP contribution >= 0.6 is 0 Å². The van der Waals surface area contributed by atoms with Gasteiger partial charge in [0, 0.05) is 32.4 Å². The number of aryl methyl sites for hydroxylation is 1. The summed E-state index contributed by atoms with van der Waals surface area (Å²) in [4.78, 5) is 2.39. The number of hydrogen-bond donors (Lipinski definition) is 0. The van der Waals surface area contributed by atoms with Crippen LogP contribution < -0.4 is 4.74 Å². The predicted molar refractivity (Wildman–Crippen MR) is 85.6 cm³/mol. The molecule has 4 heteroatoms. The summed E-state index contributed by atoms with van der Waals surface area (Å²) in [5.41, 5.74) is 1.95. The zero-order valence-corrected chi connectivity index (χ0v) is 12.9. The van der Waals surface area contributed by atoms with E-state index in [1.807, 2.05) is 41.0 Å². The number of para-hydroxylation sites is 1. The minimum Gasteiger partial charge on any atom is -0.489 e. The fourth-order valence-corrected chi connectivity index (χ4v) is 3.00. The highest BCUT2D eigenvalue weighted by Crippen LogP contribution is 2.20. The largest absolute Gasteiger partial charge is 0.489 e. The molecule has 3 rings (SSSR count). The third-order valence-electron chi connectivity index (χ3n) is 4.09. The number of aromatic nitrogens is 1. The van der Waals surface area contributed by atoms with Gasteiger partial charge in [-0.2, -0.15) is 5.26 Å². The van der Waals surface area contributed by atoms with Crippen LogP contribution in [-0.2, 0) is 13.1 Å². The Hall–Kier alpha value is -2.25. The third-order valence-corrected chi connectivity index (χ3v) is 4.09. The van der Waals surface area contributed by atoms with E-state index in [0.29, 0.717) is 0 Å². The average molecular weight is 295 g/mol. The van der Waals surface area contributed by atoms with E-state index in [1.165, 1.54) is 5.56 Å². The van der Waals surface area contributed by atoms with Crippen LogP contribution in [0.1, 0.15) is 24.6 Å². The lowest BCUT2D eigenvalue weighted by molar-refractivity contribution is 0.198. The van der Waals surface area contributed by atoms with Crippen molar-refractivity contribution in [3.63, 3.8) is 0 Å². The second-order valence-corrected chi connectivity index (χ2v) is 5.71. The van der Waals surface area contributed by atoms with Gasteiger partial charge in [-0.25, -0.2) is 0 Å². The molecule has 0 spiro atoms. The van der Waals surface area contributed by atoms with Crippen LogP contribution in [-0.4, -0.2) is 28.7 Å². The van der Waals surface area contributed by atoms with E-state index in [0.717, 1.165) is 44.0 Å². The fourth-order valence-electron chi connectivity index (χ4n) is 3.00. The first-order chi connectivity index (χ1) is 10.8. The normalized spacial score (nSPS) is 18.3. The first-order valence-electron chi connectivity index (χ1n) is 7.81. The lowest BCUT2D eigenvalue weighted by Crippen LogP contribution is -2.24. The molecule has 1 fully saturated rings. The molecule has 4 nitrogen and oxygen atoms in total. The van der Waals surface area contributed by atoms with Crippen LogP contribution in [0.5, 0.6) is 5.75 Å². The molecule has 1 aliphatic rings. The van der Waals surface area contributed by atoms with Crippen molar-refractivity contribution < 1.29 is 4.74 Å². The molecule has 1 aromatic carbocycles. The van der Waals surface area contributed by atoms with Gasteiger partial charge >= 0.3 is 0 Å². The first-order valence-corrected chi connectivity index (χ1v) is 7.81. The molecule has 2 heterocycles. The predicted octanol–water partition coefficient (Wildman–Crippen LogP) is 3.03. The van der Waals surface area contributed by atoms with Gasteiger partial charge in [-0.3, -0.25) is 4.90 Å². The van der Waals surface area contributed by atoms with Crippen molar-refractivity contribution in [3.8, 4) is 11.8 Å². The zero-order valence-electron chi connectivity index (χ0n) is 12.9. The highest BCUT2D eigenvalue weighted by molar-refractivity contribution is 5.28. The van der Waals surface area contributed by atoms with E-state index < -0.39 is 0 Å². The van der Waals surface area contributed by atoms with Gasteiger partial charge < -0.3 is 9.30 Å². The van der Waals surface area contributed by atoms with Gasteiger partial charge in [-0.15, -0.1) is 0 Å². The summed E-state index contributed by atoms with van der Waals surface area (Å²) in [6.07, 6.45) is 3.39. The molecular formula is C18H21N3O. The molecule has 0 saturated carbocycles. The van der Waals surface area contributed by atoms with Gasteiger partial charge in [-0.05, 0) is 37.1 Å². The molecule has 0 aliphatic carbocycles. The van der Waals surface area contributed by atoms with E-state index in [2.05, 4.69) is 24.1 Å². The van der Waals surface area contributed by atoms with Crippen molar-refractivity contribution in [3.05, 3.63) is 53.9 Å². The molecular weight excluding hydrogens is 274 g/mol. The number of hydrogen-bond acceptors (Lipinski definition) is 3. The molecule has 1 aliphatic heterocycles. The lowest BCUT2D eigenvalue weighted by Gasteiger charge is -2.16. The Kier molecular flexibility index (Phi) is 4.45. The standard InChI is InChI=1S/C18H21N3O/c1-2-21-13-15(10-16(21)11-19)12-20-9-8-18(14-20)22-17-6-4-3-5-7-17/h3-7,10,13,18H,2,8-9,12,14H2,1H3/t18-/m0/s1. The Bertz CT molecular complexity index is 657. The molecule has 0 N–H and O–H groups in total. The van der Waals surface area contributed by atoms with Crippen molar-refractivity contribution >= 4 is 0 Å². The maximum atomic E-state index is 9.13. The maximum absolute atomic E-state index is 9.13. The number of nitriles is 1. The summed E-state index contributed by atoms with van der Waals surface area (Å²) >= 11 is 0. The van der Waals surface area contributed by atoms with Crippen LogP contribution in [0, 0.1) is 11.3 Å². The van der Waals surface area contributed by atoms with Crippen LogP contribution in [0.15, 0.2) is 42.6 Å². The minimum atomic E-state index is 0.256. The third kappa shape index (κ3) is 3.32. The maximum Gasteiger partial charge on any atom is 0.120 e. The minimum absolute atomic E-state index is 0.256. The van der Waals surface area contributed by atoms with Crippen LogP contribution in [0.2, 0.25) is 0 Å². The fraction of sp³-hybridized carbons (Fsp3) is 0.389. The Morgan fingerprint density at radius 1 is 1.32 bits per heavy atom. The van der Waals surface area contributed by atoms with E-state index in [-0.39, 0.29) is 6.10 Å². The topological polar surface area (TPSA) is 41.2 Å². The average Bonchev–Trinajstić information content (AvgIpc) is 3.15. The van der Waals surface area contributed by atoms with Gasteiger partial charge in [0.05, 0.1) is 0 Å². The van der Waals surface area contributed by atoms with Crippen molar-refractivity contribution in [2.24, 2.45) is 0 Å². The van der Waals surface area contributed by atoms with Crippen LogP contribution in [0.3, 0.4) is 0 Å². The van der Waals surface area contributed by atoms with E-state index >= 15 is 0 Å². The van der Waals surface area contributed by atoms with Crippen LogP contribution in [0.4, 0.5) is 0 Å². The highest BCUT2D eigenvalue weighted by Gasteiger charge is 2.24. The second-order valence-electron chi connectivity index (χ2n) is 5.71. The summed E-state index contributed by atoms with van der Waals surface area (Å²) in [6.45, 7) is 5.76. The monoisotopic (exact) mass is 295 g/mol. The van der Waals surface area contributed by atoms with E-state index in [4.69, 9.17) is 10.00 Å². The Morgan fingerprint density at radius 3 is 2.82 bits per heavy atom. The van der Waals surface area contributed by atoms with E-state index in [1.54, 1.807) is 0 Å². The number of benzene rings is 1. The van der Waals surface area contributed by atoms with Gasteiger partial charge in [0.25, 0.3) is 0 Å². The van der Waals surface area contributed by atoms with Crippen LogP contribution in [0.25, 0.3) is 0 Å². The molecule has 0 amide bonds. The molecule has 2 aromatic rings. The summed E-state index contributed by atoms with van der Waals surface area (Å²) in [5.74, 6) is 0.943. The van der Waals surface area contributed by atoms with Gasteiger partial charge in [0.15, 0.2) is 0 Å². The Balaban J connectivity index is 1.57. The van der Waals surface area contributed by atoms with Gasteiger partial charge in [-0.1, -0.05) is 18.2 Å². The molecule has 22 heavy (non-hydrogen) atoms. The quantitative estimate of drug-likeness (QED) is 0.851. The highest BCUT2D eigenvalue weighted by atomic mass is 16.5. The molecule has 1 aromatic heterocycles. The zero-order chi connectivity index (χ0) is 15.4. The summed E-state index contributed by atoms with van der Waals surface area (Å²) < 4.78 is 8.02. The lowest BCUT2D eigenvalue weighted by atomic mass is 10.3. The molecule has 1 atom stereocenters. The molecule has 0 unspecified atom stereocenters. The molecule has 114 valence electrons. The summed E-state index contributed by atoms with van der Waals surface area (Å²) in [6, 6.07) is 14.3. The van der Waals surface area contributed by atoms with E-state index in [9.17, 15) is 0 Å². The first kappa shape index (κ1) is 14.7. The number of likely N-dealkylation sites (tertiary alicyclic amines) is 1. The molecule has 0 bridgehead atoms. The summed E-state index contributed by atoms with van der Waals surface area (Å²) in [5, 5.41) is 9.13. The van der Waals surface area contributed by atoms with Gasteiger partial charge in [0.2, 0.25) is 0 Å². The van der Waals surface area contributed by atoms with Crippen molar-refractivity contribution in [2.75, 3.05) is 13.1 Å². The Labute approximate surface area is 131 Å². The number of rotatable bonds is 5. The van der Waals surface area contributed by atoms with Gasteiger partial charge in [0.1, 0.15) is 23.6 Å². The Morgan fingerprint density at radius 2 is 2.14 bits per heavy atom. The number of nitrogens with zero attached hydrogens (tertiary/aromatic N) is 3. The smallest absolute Gasteiger partial charge is 0.120 e. The second kappa shape index (κ2) is 6.67. The molecule has 1 saturated heterocycles. The summed E-state index contributed by atoms with van der Waals surface area (Å²) in [7, 11) is 0.